The molecule has 2 atom stereocenters. The fraction of sp³-hybridized carbons (Fsp3) is 0.667. The van der Waals surface area contributed by atoms with E-state index in [2.05, 4.69) is 20.4 Å². The minimum absolute atomic E-state index is 0.101. The smallest absolute Gasteiger partial charge is 0.317 e. The Labute approximate surface area is 152 Å². The Morgan fingerprint density at radius 3 is 2.73 bits per heavy atom. The van der Waals surface area contributed by atoms with Gasteiger partial charge in [0, 0.05) is 38.4 Å². The van der Waals surface area contributed by atoms with Crippen molar-refractivity contribution in [3.05, 3.63) is 18.3 Å². The quantitative estimate of drug-likeness (QED) is 0.845. The maximum absolute atomic E-state index is 12.6. The van der Waals surface area contributed by atoms with Gasteiger partial charge in [0.25, 0.3) is 0 Å². The number of urea groups is 1. The van der Waals surface area contributed by atoms with Crippen molar-refractivity contribution in [2.45, 2.75) is 38.1 Å². The van der Waals surface area contributed by atoms with E-state index in [0.717, 1.165) is 44.6 Å². The standard InChI is InChI=1S/C18H25N5O3/c24-16(25)18-7-1-3-13(18)11-23(12-18)17(26)20-14-5-9-22(10-6-14)15-4-2-8-19-21-15/h2,4,8,13-14H,1,3,5-7,9-12H2,(H,20,26)(H,24,25)/t13-,18+/m0/s1. The van der Waals surface area contributed by atoms with Crippen LogP contribution in [-0.4, -0.2) is 64.4 Å². The number of carboxylic acids is 1. The predicted octanol–water partition coefficient (Wildman–Crippen LogP) is 1.34. The number of hydrogen-bond donors (Lipinski definition) is 2. The zero-order valence-electron chi connectivity index (χ0n) is 14.8. The van der Waals surface area contributed by atoms with E-state index in [4.69, 9.17) is 0 Å². The second kappa shape index (κ2) is 6.74. The molecule has 2 saturated heterocycles. The number of anilines is 1. The van der Waals surface area contributed by atoms with Crippen molar-refractivity contribution in [3.8, 4) is 0 Å². The van der Waals surface area contributed by atoms with E-state index in [1.807, 2.05) is 12.1 Å². The number of fused-ring (bicyclic) bond motifs is 1. The molecule has 0 radical (unpaired) electrons. The van der Waals surface area contributed by atoms with Crippen LogP contribution in [0.1, 0.15) is 32.1 Å². The van der Waals surface area contributed by atoms with Crippen LogP contribution in [-0.2, 0) is 4.79 Å². The Balaban J connectivity index is 1.31. The molecule has 0 unspecified atom stereocenters. The van der Waals surface area contributed by atoms with Crippen molar-refractivity contribution < 1.29 is 14.7 Å². The van der Waals surface area contributed by atoms with Crippen LogP contribution in [0.2, 0.25) is 0 Å². The molecular formula is C18H25N5O3. The Morgan fingerprint density at radius 2 is 2.08 bits per heavy atom. The topological polar surface area (TPSA) is 98.7 Å². The van der Waals surface area contributed by atoms with Gasteiger partial charge in [-0.1, -0.05) is 6.42 Å². The minimum atomic E-state index is -0.743. The van der Waals surface area contributed by atoms with Gasteiger partial charge in [-0.3, -0.25) is 4.79 Å². The number of carbonyl (C=O) groups excluding carboxylic acids is 1. The van der Waals surface area contributed by atoms with Gasteiger partial charge >= 0.3 is 12.0 Å². The maximum atomic E-state index is 12.6. The van der Waals surface area contributed by atoms with E-state index in [-0.39, 0.29) is 18.0 Å². The Morgan fingerprint density at radius 1 is 1.27 bits per heavy atom. The SMILES string of the molecule is O=C(NC1CCN(c2cccnn2)CC1)N1C[C@@H]2CCC[C@@]2(C(=O)O)C1. The van der Waals surface area contributed by atoms with Gasteiger partial charge in [-0.2, -0.15) is 5.10 Å². The number of carbonyl (C=O) groups is 2. The lowest BCUT2D eigenvalue weighted by Crippen LogP contribution is -2.49. The molecule has 1 saturated carbocycles. The number of aliphatic carboxylic acids is 1. The lowest BCUT2D eigenvalue weighted by molar-refractivity contribution is -0.149. The van der Waals surface area contributed by atoms with Gasteiger partial charge < -0.3 is 20.2 Å². The van der Waals surface area contributed by atoms with Crippen molar-refractivity contribution in [2.75, 3.05) is 31.1 Å². The summed E-state index contributed by atoms with van der Waals surface area (Å²) in [4.78, 5) is 28.3. The largest absolute Gasteiger partial charge is 0.481 e. The van der Waals surface area contributed by atoms with E-state index < -0.39 is 11.4 Å². The molecule has 3 fully saturated rings. The zero-order valence-corrected chi connectivity index (χ0v) is 14.8. The first-order valence-electron chi connectivity index (χ1n) is 9.40. The van der Waals surface area contributed by atoms with Crippen molar-refractivity contribution in [2.24, 2.45) is 11.3 Å². The molecule has 0 bridgehead atoms. The second-order valence-corrected chi connectivity index (χ2v) is 7.72. The molecule has 2 N–H and O–H groups in total. The summed E-state index contributed by atoms with van der Waals surface area (Å²) in [5.74, 6) is 0.227. The molecule has 1 aromatic heterocycles. The number of hydrogen-bond acceptors (Lipinski definition) is 5. The Hall–Kier alpha value is -2.38. The third kappa shape index (κ3) is 2.97. The molecule has 8 nitrogen and oxygen atoms in total. The fourth-order valence-corrected chi connectivity index (χ4v) is 4.77. The number of aromatic nitrogens is 2. The van der Waals surface area contributed by atoms with E-state index >= 15 is 0 Å². The molecule has 1 aromatic rings. The normalized spacial score (nSPS) is 28.8. The number of likely N-dealkylation sites (tertiary alicyclic amines) is 1. The van der Waals surface area contributed by atoms with Gasteiger partial charge in [0.15, 0.2) is 5.82 Å². The minimum Gasteiger partial charge on any atom is -0.481 e. The summed E-state index contributed by atoms with van der Waals surface area (Å²) < 4.78 is 0. The van der Waals surface area contributed by atoms with E-state index in [9.17, 15) is 14.7 Å². The van der Waals surface area contributed by atoms with Gasteiger partial charge in [-0.15, -0.1) is 5.10 Å². The summed E-state index contributed by atoms with van der Waals surface area (Å²) in [7, 11) is 0. The predicted molar refractivity (Wildman–Crippen MR) is 94.8 cm³/mol. The molecule has 140 valence electrons. The van der Waals surface area contributed by atoms with Crippen LogP contribution < -0.4 is 10.2 Å². The summed E-state index contributed by atoms with van der Waals surface area (Å²) in [6, 6.07) is 3.83. The second-order valence-electron chi connectivity index (χ2n) is 7.72. The molecule has 3 aliphatic rings. The average molecular weight is 359 g/mol. The van der Waals surface area contributed by atoms with Crippen LogP contribution in [0, 0.1) is 11.3 Å². The number of amides is 2. The molecule has 0 aromatic carbocycles. The third-order valence-corrected chi connectivity index (χ3v) is 6.29. The molecule has 0 spiro atoms. The number of nitrogens with one attached hydrogen (secondary N) is 1. The highest BCUT2D eigenvalue weighted by atomic mass is 16.4. The van der Waals surface area contributed by atoms with E-state index in [1.165, 1.54) is 0 Å². The van der Waals surface area contributed by atoms with Gasteiger partial charge in [-0.25, -0.2) is 4.79 Å². The first kappa shape index (κ1) is 17.1. The van der Waals surface area contributed by atoms with E-state index in [1.54, 1.807) is 11.1 Å². The Kier molecular flexibility index (Phi) is 4.42. The van der Waals surface area contributed by atoms with Crippen LogP contribution >= 0.6 is 0 Å². The number of piperidine rings is 1. The molecule has 8 heteroatoms. The number of nitrogens with zero attached hydrogens (tertiary/aromatic N) is 4. The van der Waals surface area contributed by atoms with Gasteiger partial charge in [-0.05, 0) is 43.7 Å². The van der Waals surface area contributed by atoms with Crippen LogP contribution in [0.4, 0.5) is 10.6 Å². The van der Waals surface area contributed by atoms with E-state index in [0.29, 0.717) is 19.5 Å². The summed E-state index contributed by atoms with van der Waals surface area (Å²) in [5, 5.41) is 20.8. The van der Waals surface area contributed by atoms with Crippen molar-refractivity contribution >= 4 is 17.8 Å². The van der Waals surface area contributed by atoms with Crippen LogP contribution in [0.15, 0.2) is 18.3 Å². The van der Waals surface area contributed by atoms with Crippen molar-refractivity contribution in [1.29, 1.82) is 0 Å². The number of carboxylic acid groups (broad SMARTS) is 1. The maximum Gasteiger partial charge on any atom is 0.317 e. The summed E-state index contributed by atoms with van der Waals surface area (Å²) in [6.45, 7) is 2.56. The average Bonchev–Trinajstić information content (AvgIpc) is 3.22. The first-order chi connectivity index (χ1) is 12.6. The highest BCUT2D eigenvalue weighted by Crippen LogP contribution is 2.48. The lowest BCUT2D eigenvalue weighted by Gasteiger charge is -2.33. The highest BCUT2D eigenvalue weighted by Gasteiger charge is 2.55. The Bertz CT molecular complexity index is 677. The molecule has 2 aliphatic heterocycles. The van der Waals surface area contributed by atoms with Crippen LogP contribution in [0.3, 0.4) is 0 Å². The summed E-state index contributed by atoms with van der Waals surface area (Å²) in [6.07, 6.45) is 5.91. The lowest BCUT2D eigenvalue weighted by atomic mass is 9.81. The zero-order chi connectivity index (χ0) is 18.1. The van der Waals surface area contributed by atoms with Crippen molar-refractivity contribution in [1.82, 2.24) is 20.4 Å². The molecule has 1 aliphatic carbocycles. The monoisotopic (exact) mass is 359 g/mol. The van der Waals surface area contributed by atoms with Crippen LogP contribution in [0.5, 0.6) is 0 Å². The molecule has 4 rings (SSSR count). The van der Waals surface area contributed by atoms with Gasteiger partial charge in [0.1, 0.15) is 0 Å². The third-order valence-electron chi connectivity index (χ3n) is 6.29. The van der Waals surface area contributed by atoms with Gasteiger partial charge in [0.05, 0.1) is 5.41 Å². The molecule has 3 heterocycles. The molecular weight excluding hydrogens is 334 g/mol. The van der Waals surface area contributed by atoms with Crippen LogP contribution in [0.25, 0.3) is 0 Å². The molecule has 26 heavy (non-hydrogen) atoms. The highest BCUT2D eigenvalue weighted by molar-refractivity contribution is 5.80. The van der Waals surface area contributed by atoms with Gasteiger partial charge in [0.2, 0.25) is 0 Å². The summed E-state index contributed by atoms with van der Waals surface area (Å²) >= 11 is 0. The molecule has 2 amide bonds. The van der Waals surface area contributed by atoms with Crippen molar-refractivity contribution in [3.63, 3.8) is 0 Å². The first-order valence-corrected chi connectivity index (χ1v) is 9.40. The number of rotatable bonds is 3. The summed E-state index contributed by atoms with van der Waals surface area (Å²) in [5.41, 5.74) is -0.716. The fourth-order valence-electron chi connectivity index (χ4n) is 4.77.